The van der Waals surface area contributed by atoms with Crippen LogP contribution >= 0.6 is 11.3 Å². The highest BCUT2D eigenvalue weighted by atomic mass is 32.1. The van der Waals surface area contributed by atoms with E-state index in [0.29, 0.717) is 12.6 Å². The maximum atomic E-state index is 5.59. The first-order valence-corrected chi connectivity index (χ1v) is 6.37. The number of nitrogens with two attached hydrogens (primary N) is 1. The molecule has 0 fully saturated rings. The van der Waals surface area contributed by atoms with Crippen LogP contribution in [-0.4, -0.2) is 24.6 Å². The molecule has 2 aromatic heterocycles. The number of fused-ring (bicyclic) bond motifs is 1. The quantitative estimate of drug-likeness (QED) is 0.885. The van der Waals surface area contributed by atoms with E-state index in [0.717, 1.165) is 12.2 Å². The molecule has 16 heavy (non-hydrogen) atoms. The molecular formula is C12H17N3S. The van der Waals surface area contributed by atoms with Gasteiger partial charge in [-0.3, -0.25) is 0 Å². The summed E-state index contributed by atoms with van der Waals surface area (Å²) >= 11 is 1.75. The number of anilines is 1. The molecule has 0 bridgehead atoms. The summed E-state index contributed by atoms with van der Waals surface area (Å²) in [5, 5.41) is 3.34. The van der Waals surface area contributed by atoms with E-state index in [1.807, 2.05) is 6.20 Å². The molecule has 0 spiro atoms. The average molecular weight is 235 g/mol. The van der Waals surface area contributed by atoms with Gasteiger partial charge in [0.05, 0.1) is 0 Å². The Morgan fingerprint density at radius 2 is 2.31 bits per heavy atom. The van der Waals surface area contributed by atoms with Crippen molar-refractivity contribution in [2.24, 2.45) is 5.73 Å². The first kappa shape index (κ1) is 11.4. The second kappa shape index (κ2) is 4.80. The van der Waals surface area contributed by atoms with Crippen LogP contribution in [0.3, 0.4) is 0 Å². The molecule has 2 heterocycles. The van der Waals surface area contributed by atoms with Gasteiger partial charge in [0.15, 0.2) is 0 Å². The molecular weight excluding hydrogens is 218 g/mol. The highest BCUT2D eigenvalue weighted by Crippen LogP contribution is 2.28. The van der Waals surface area contributed by atoms with Crippen LogP contribution in [0.2, 0.25) is 0 Å². The number of thiophene rings is 1. The molecule has 0 saturated carbocycles. The SMILES string of the molecule is CC(CCN)N(C)c1nccc2sccc12. The third-order valence-electron chi connectivity index (χ3n) is 2.94. The Kier molecular flexibility index (Phi) is 3.41. The standard InChI is InChI=1S/C12H17N3S/c1-9(3-6-13)15(2)12-10-5-8-16-11(10)4-7-14-12/h4-5,7-9H,3,6,13H2,1-2H3. The van der Waals surface area contributed by atoms with Gasteiger partial charge in [-0.15, -0.1) is 11.3 Å². The minimum absolute atomic E-state index is 0.419. The van der Waals surface area contributed by atoms with Crippen LogP contribution in [0, 0.1) is 0 Å². The Labute approximate surface area is 99.9 Å². The Morgan fingerprint density at radius 1 is 1.50 bits per heavy atom. The molecule has 0 radical (unpaired) electrons. The summed E-state index contributed by atoms with van der Waals surface area (Å²) in [5.74, 6) is 1.06. The van der Waals surface area contributed by atoms with Crippen molar-refractivity contribution in [2.45, 2.75) is 19.4 Å². The lowest BCUT2D eigenvalue weighted by Crippen LogP contribution is -2.31. The van der Waals surface area contributed by atoms with Gasteiger partial charge >= 0.3 is 0 Å². The van der Waals surface area contributed by atoms with Crippen LogP contribution in [0.1, 0.15) is 13.3 Å². The second-order valence-corrected chi connectivity index (χ2v) is 4.95. The second-order valence-electron chi connectivity index (χ2n) is 4.00. The van der Waals surface area contributed by atoms with Crippen LogP contribution in [0.4, 0.5) is 5.82 Å². The fraction of sp³-hybridized carbons (Fsp3) is 0.417. The van der Waals surface area contributed by atoms with E-state index in [4.69, 9.17) is 5.73 Å². The minimum Gasteiger partial charge on any atom is -0.356 e. The fourth-order valence-corrected chi connectivity index (χ4v) is 2.58. The van der Waals surface area contributed by atoms with Crippen LogP contribution < -0.4 is 10.6 Å². The lowest BCUT2D eigenvalue weighted by atomic mass is 10.2. The van der Waals surface area contributed by atoms with Crippen LogP contribution in [0.15, 0.2) is 23.7 Å². The molecule has 1 atom stereocenters. The highest BCUT2D eigenvalue weighted by molar-refractivity contribution is 7.17. The first-order valence-electron chi connectivity index (χ1n) is 5.49. The monoisotopic (exact) mass is 235 g/mol. The van der Waals surface area contributed by atoms with Crippen LogP contribution in [0.25, 0.3) is 10.1 Å². The smallest absolute Gasteiger partial charge is 0.137 e. The van der Waals surface area contributed by atoms with E-state index in [1.165, 1.54) is 10.1 Å². The normalized spacial score (nSPS) is 12.9. The van der Waals surface area contributed by atoms with Gasteiger partial charge in [0.1, 0.15) is 5.82 Å². The summed E-state index contributed by atoms with van der Waals surface area (Å²) in [6.07, 6.45) is 2.86. The molecule has 0 amide bonds. The molecule has 2 aromatic rings. The summed E-state index contributed by atoms with van der Waals surface area (Å²) < 4.78 is 1.29. The number of rotatable bonds is 4. The molecule has 2 N–H and O–H groups in total. The Bertz CT molecular complexity index is 466. The molecule has 86 valence electrons. The number of hydrogen-bond acceptors (Lipinski definition) is 4. The predicted octanol–water partition coefficient (Wildman–Crippen LogP) is 2.47. The highest BCUT2D eigenvalue weighted by Gasteiger charge is 2.13. The van der Waals surface area contributed by atoms with Crippen molar-refractivity contribution in [3.8, 4) is 0 Å². The largest absolute Gasteiger partial charge is 0.356 e. The van der Waals surface area contributed by atoms with Crippen LogP contribution in [0.5, 0.6) is 0 Å². The molecule has 0 aromatic carbocycles. The Morgan fingerprint density at radius 3 is 3.06 bits per heavy atom. The minimum atomic E-state index is 0.419. The molecule has 0 aliphatic rings. The van der Waals surface area contributed by atoms with Crippen LogP contribution in [-0.2, 0) is 0 Å². The van der Waals surface area contributed by atoms with Gasteiger partial charge < -0.3 is 10.6 Å². The molecule has 2 rings (SSSR count). The van der Waals surface area contributed by atoms with E-state index in [9.17, 15) is 0 Å². The number of aromatic nitrogens is 1. The van der Waals surface area contributed by atoms with Gasteiger partial charge in [-0.25, -0.2) is 4.98 Å². The molecule has 0 aliphatic carbocycles. The number of pyridine rings is 1. The van der Waals surface area contributed by atoms with Crippen molar-refractivity contribution >= 4 is 27.2 Å². The summed E-state index contributed by atoms with van der Waals surface area (Å²) in [4.78, 5) is 6.68. The molecule has 3 nitrogen and oxygen atoms in total. The van der Waals surface area contributed by atoms with Crippen molar-refractivity contribution in [3.05, 3.63) is 23.7 Å². The van der Waals surface area contributed by atoms with Gasteiger partial charge in [0.2, 0.25) is 0 Å². The van der Waals surface area contributed by atoms with Crippen molar-refractivity contribution in [1.29, 1.82) is 0 Å². The van der Waals surface area contributed by atoms with E-state index in [-0.39, 0.29) is 0 Å². The van der Waals surface area contributed by atoms with Crippen molar-refractivity contribution < 1.29 is 0 Å². The zero-order valence-electron chi connectivity index (χ0n) is 9.68. The summed E-state index contributed by atoms with van der Waals surface area (Å²) in [7, 11) is 2.08. The Hall–Kier alpha value is -1.13. The van der Waals surface area contributed by atoms with Crippen molar-refractivity contribution in [3.63, 3.8) is 0 Å². The summed E-state index contributed by atoms with van der Waals surface area (Å²) in [6.45, 7) is 2.89. The summed E-state index contributed by atoms with van der Waals surface area (Å²) in [6, 6.07) is 4.61. The first-order chi connectivity index (χ1) is 7.74. The molecule has 0 aliphatic heterocycles. The maximum absolute atomic E-state index is 5.59. The number of hydrogen-bond donors (Lipinski definition) is 1. The molecule has 1 unspecified atom stereocenters. The Balaban J connectivity index is 2.35. The van der Waals surface area contributed by atoms with E-state index in [2.05, 4.69) is 41.4 Å². The van der Waals surface area contributed by atoms with E-state index < -0.39 is 0 Å². The fourth-order valence-electron chi connectivity index (χ4n) is 1.80. The van der Waals surface area contributed by atoms with Crippen molar-refractivity contribution in [2.75, 3.05) is 18.5 Å². The molecule has 4 heteroatoms. The average Bonchev–Trinajstić information content (AvgIpc) is 2.76. The van der Waals surface area contributed by atoms with Gasteiger partial charge in [-0.1, -0.05) is 0 Å². The van der Waals surface area contributed by atoms with Gasteiger partial charge in [-0.05, 0) is 37.4 Å². The predicted molar refractivity (Wildman–Crippen MR) is 71.2 cm³/mol. The number of nitrogens with zero attached hydrogens (tertiary/aromatic N) is 2. The van der Waals surface area contributed by atoms with E-state index in [1.54, 1.807) is 11.3 Å². The molecule has 0 saturated heterocycles. The third-order valence-corrected chi connectivity index (χ3v) is 3.82. The van der Waals surface area contributed by atoms with Gasteiger partial charge in [-0.2, -0.15) is 0 Å². The zero-order chi connectivity index (χ0) is 11.5. The third kappa shape index (κ3) is 2.03. The zero-order valence-corrected chi connectivity index (χ0v) is 10.5. The topological polar surface area (TPSA) is 42.1 Å². The summed E-state index contributed by atoms with van der Waals surface area (Å²) in [5.41, 5.74) is 5.59. The maximum Gasteiger partial charge on any atom is 0.137 e. The van der Waals surface area contributed by atoms with Gasteiger partial charge in [0.25, 0.3) is 0 Å². The lowest BCUT2D eigenvalue weighted by molar-refractivity contribution is 0.631. The van der Waals surface area contributed by atoms with Gasteiger partial charge in [0, 0.05) is 29.4 Å². The van der Waals surface area contributed by atoms with E-state index >= 15 is 0 Å². The lowest BCUT2D eigenvalue weighted by Gasteiger charge is -2.26. The van der Waals surface area contributed by atoms with Crippen molar-refractivity contribution in [1.82, 2.24) is 4.98 Å².